The Labute approximate surface area is 183 Å². The Kier molecular flexibility index (Phi) is 7.38. The summed E-state index contributed by atoms with van der Waals surface area (Å²) in [5.74, 6) is 0.255. The fourth-order valence-corrected chi connectivity index (χ4v) is 4.22. The number of halogens is 1. The van der Waals surface area contributed by atoms with E-state index in [9.17, 15) is 9.18 Å². The van der Waals surface area contributed by atoms with Crippen LogP contribution in [0, 0.1) is 11.7 Å². The predicted molar refractivity (Wildman–Crippen MR) is 123 cm³/mol. The summed E-state index contributed by atoms with van der Waals surface area (Å²) in [7, 11) is 0. The average Bonchev–Trinajstić information content (AvgIpc) is 2.80. The molecule has 4 rings (SSSR count). The van der Waals surface area contributed by atoms with Crippen molar-refractivity contribution in [3.05, 3.63) is 59.9 Å². The molecule has 2 aliphatic rings. The van der Waals surface area contributed by atoms with Crippen molar-refractivity contribution < 1.29 is 9.18 Å². The van der Waals surface area contributed by atoms with Gasteiger partial charge in [-0.05, 0) is 54.7 Å². The zero-order chi connectivity index (χ0) is 21.5. The minimum atomic E-state index is -0.228. The Morgan fingerprint density at radius 3 is 2.45 bits per heavy atom. The third kappa shape index (κ3) is 6.42. The molecule has 0 radical (unpaired) electrons. The molecule has 2 heterocycles. The number of nitrogens with one attached hydrogen (secondary N) is 3. The zero-order valence-electron chi connectivity index (χ0n) is 17.9. The van der Waals surface area contributed by atoms with Gasteiger partial charge in [-0.2, -0.15) is 0 Å². The highest BCUT2D eigenvalue weighted by Gasteiger charge is 2.22. The third-order valence-electron chi connectivity index (χ3n) is 6.14. The average molecular weight is 426 g/mol. The number of carbonyl (C=O) groups excluding carboxylic acids is 1. The van der Waals surface area contributed by atoms with E-state index in [2.05, 4.69) is 33.0 Å². The maximum Gasteiger partial charge on any atom is 0.321 e. The van der Waals surface area contributed by atoms with E-state index in [4.69, 9.17) is 0 Å². The summed E-state index contributed by atoms with van der Waals surface area (Å²) in [5, 5.41) is 9.71. The second-order valence-electron chi connectivity index (χ2n) is 8.47. The maximum absolute atomic E-state index is 13.3. The largest absolute Gasteiger partial charge is 0.385 e. The molecule has 0 unspecified atom stereocenters. The van der Waals surface area contributed by atoms with Crippen molar-refractivity contribution in [1.29, 1.82) is 0 Å². The number of urea groups is 1. The van der Waals surface area contributed by atoms with Crippen molar-refractivity contribution in [2.24, 2.45) is 5.92 Å². The lowest BCUT2D eigenvalue weighted by Crippen LogP contribution is -2.42. The van der Waals surface area contributed by atoms with E-state index in [1.807, 2.05) is 23.1 Å². The molecule has 2 saturated heterocycles. The molecule has 0 aliphatic carbocycles. The molecule has 0 bridgehead atoms. The highest BCUT2D eigenvalue weighted by Crippen LogP contribution is 2.20. The molecule has 0 atom stereocenters. The van der Waals surface area contributed by atoms with Crippen LogP contribution in [-0.4, -0.2) is 61.6 Å². The van der Waals surface area contributed by atoms with Gasteiger partial charge < -0.3 is 20.9 Å². The first kappa shape index (κ1) is 21.6. The highest BCUT2D eigenvalue weighted by atomic mass is 19.1. The van der Waals surface area contributed by atoms with Crippen LogP contribution < -0.4 is 16.0 Å². The molecule has 2 aliphatic heterocycles. The van der Waals surface area contributed by atoms with Gasteiger partial charge in [0.15, 0.2) is 0 Å². The summed E-state index contributed by atoms with van der Waals surface area (Å²) in [5.41, 5.74) is 2.91. The van der Waals surface area contributed by atoms with E-state index in [0.29, 0.717) is 5.92 Å². The monoisotopic (exact) mass is 425 g/mol. The standard InChI is InChI=1S/C24H32FN5O/c25-21-2-1-3-23(16-21)27-17-19-8-12-30(13-9-19)24(31)28-22-6-4-20(5-7-22)18-29-14-10-26-11-15-29/h1-7,16,19,26-27H,8-15,17-18H2,(H,28,31). The lowest BCUT2D eigenvalue weighted by atomic mass is 9.97. The molecule has 2 fully saturated rings. The quantitative estimate of drug-likeness (QED) is 0.662. The van der Waals surface area contributed by atoms with Crippen LogP contribution in [0.15, 0.2) is 48.5 Å². The summed E-state index contributed by atoms with van der Waals surface area (Å²) >= 11 is 0. The minimum absolute atomic E-state index is 0.0357. The number of hydrogen-bond donors (Lipinski definition) is 3. The lowest BCUT2D eigenvalue weighted by molar-refractivity contribution is 0.185. The van der Waals surface area contributed by atoms with Gasteiger partial charge >= 0.3 is 6.03 Å². The number of rotatable bonds is 6. The van der Waals surface area contributed by atoms with Crippen molar-refractivity contribution in [3.63, 3.8) is 0 Å². The molecule has 166 valence electrons. The molecule has 0 spiro atoms. The van der Waals surface area contributed by atoms with E-state index in [1.165, 1.54) is 17.7 Å². The van der Waals surface area contributed by atoms with Gasteiger partial charge in [0.2, 0.25) is 0 Å². The normalized spacial score (nSPS) is 18.0. The van der Waals surface area contributed by atoms with E-state index in [0.717, 1.165) is 76.6 Å². The summed E-state index contributed by atoms with van der Waals surface area (Å²) in [6.45, 7) is 7.47. The van der Waals surface area contributed by atoms with Crippen molar-refractivity contribution in [3.8, 4) is 0 Å². The first-order valence-electron chi connectivity index (χ1n) is 11.2. The lowest BCUT2D eigenvalue weighted by Gasteiger charge is -2.32. The Balaban J connectivity index is 1.19. The molecule has 7 heteroatoms. The third-order valence-corrected chi connectivity index (χ3v) is 6.14. The summed E-state index contributed by atoms with van der Waals surface area (Å²) in [6, 6.07) is 14.7. The van der Waals surface area contributed by atoms with E-state index < -0.39 is 0 Å². The summed E-state index contributed by atoms with van der Waals surface area (Å²) < 4.78 is 13.3. The Bertz CT molecular complexity index is 845. The minimum Gasteiger partial charge on any atom is -0.385 e. The van der Waals surface area contributed by atoms with Crippen molar-refractivity contribution in [1.82, 2.24) is 15.1 Å². The van der Waals surface area contributed by atoms with Crippen LogP contribution >= 0.6 is 0 Å². The number of carbonyl (C=O) groups is 1. The molecule has 2 aromatic carbocycles. The molecular formula is C24H32FN5O. The van der Waals surface area contributed by atoms with Gasteiger partial charge in [0.05, 0.1) is 0 Å². The van der Waals surface area contributed by atoms with Crippen LogP contribution in [0.3, 0.4) is 0 Å². The molecule has 31 heavy (non-hydrogen) atoms. The number of hydrogen-bond acceptors (Lipinski definition) is 4. The van der Waals surface area contributed by atoms with Crippen LogP contribution in [-0.2, 0) is 6.54 Å². The SMILES string of the molecule is O=C(Nc1ccc(CN2CCNCC2)cc1)N1CCC(CNc2cccc(F)c2)CC1. The smallest absolute Gasteiger partial charge is 0.321 e. The van der Waals surface area contributed by atoms with Crippen LogP contribution in [0.25, 0.3) is 0 Å². The van der Waals surface area contributed by atoms with E-state index in [1.54, 1.807) is 6.07 Å². The first-order valence-corrected chi connectivity index (χ1v) is 11.2. The molecule has 3 N–H and O–H groups in total. The van der Waals surface area contributed by atoms with Gasteiger partial charge in [-0.3, -0.25) is 4.90 Å². The number of likely N-dealkylation sites (tertiary alicyclic amines) is 1. The van der Waals surface area contributed by atoms with Crippen LogP contribution in [0.5, 0.6) is 0 Å². The molecule has 0 saturated carbocycles. The van der Waals surface area contributed by atoms with Gasteiger partial charge in [-0.15, -0.1) is 0 Å². The number of piperidine rings is 1. The number of amides is 2. The van der Waals surface area contributed by atoms with Gasteiger partial charge in [-0.1, -0.05) is 18.2 Å². The van der Waals surface area contributed by atoms with Crippen molar-refractivity contribution in [2.45, 2.75) is 19.4 Å². The van der Waals surface area contributed by atoms with Crippen LogP contribution in [0.1, 0.15) is 18.4 Å². The maximum atomic E-state index is 13.3. The van der Waals surface area contributed by atoms with Crippen molar-refractivity contribution in [2.75, 3.05) is 56.4 Å². The zero-order valence-corrected chi connectivity index (χ0v) is 17.9. The van der Waals surface area contributed by atoms with Gasteiger partial charge in [0.25, 0.3) is 0 Å². The Morgan fingerprint density at radius 1 is 1.00 bits per heavy atom. The second-order valence-corrected chi connectivity index (χ2v) is 8.47. The first-order chi connectivity index (χ1) is 15.2. The number of benzene rings is 2. The van der Waals surface area contributed by atoms with Crippen molar-refractivity contribution >= 4 is 17.4 Å². The number of anilines is 2. The fraction of sp³-hybridized carbons (Fsp3) is 0.458. The second kappa shape index (κ2) is 10.6. The van der Waals surface area contributed by atoms with E-state index in [-0.39, 0.29) is 11.8 Å². The van der Waals surface area contributed by atoms with E-state index >= 15 is 0 Å². The molecule has 0 aromatic heterocycles. The van der Waals surface area contributed by atoms with Crippen LogP contribution in [0.4, 0.5) is 20.6 Å². The molecule has 2 aromatic rings. The summed E-state index contributed by atoms with van der Waals surface area (Å²) in [4.78, 5) is 17.0. The number of piperazine rings is 1. The molecular weight excluding hydrogens is 393 g/mol. The Hall–Kier alpha value is -2.64. The molecule has 2 amide bonds. The topological polar surface area (TPSA) is 59.6 Å². The summed E-state index contributed by atoms with van der Waals surface area (Å²) in [6.07, 6.45) is 1.89. The van der Waals surface area contributed by atoms with Crippen LogP contribution in [0.2, 0.25) is 0 Å². The van der Waals surface area contributed by atoms with Gasteiger partial charge in [0.1, 0.15) is 5.82 Å². The molecule has 6 nitrogen and oxygen atoms in total. The van der Waals surface area contributed by atoms with Gasteiger partial charge in [-0.25, -0.2) is 9.18 Å². The predicted octanol–water partition coefficient (Wildman–Crippen LogP) is 3.59. The number of nitrogens with zero attached hydrogens (tertiary/aromatic N) is 2. The van der Waals surface area contributed by atoms with Gasteiger partial charge in [0, 0.05) is 63.7 Å². The fourth-order valence-electron chi connectivity index (χ4n) is 4.22. The highest BCUT2D eigenvalue weighted by molar-refractivity contribution is 5.89. The Morgan fingerprint density at radius 2 is 1.74 bits per heavy atom.